The molecule has 2 fully saturated rings. The molecule has 0 aromatic heterocycles. The lowest BCUT2D eigenvalue weighted by atomic mass is 9.99. The van der Waals surface area contributed by atoms with Gasteiger partial charge < -0.3 is 20.3 Å². The number of likely N-dealkylation sites (tertiary alicyclic amines) is 2. The van der Waals surface area contributed by atoms with Crippen LogP contribution in [0.15, 0.2) is 84.9 Å². The Bertz CT molecular complexity index is 1130. The summed E-state index contributed by atoms with van der Waals surface area (Å²) in [5, 5.41) is 0. The quantitative estimate of drug-likeness (QED) is 0.490. The summed E-state index contributed by atoms with van der Waals surface area (Å²) in [4.78, 5) is 18.3. The molecular formula is C31H37N3O2. The monoisotopic (exact) mass is 483 g/mol. The van der Waals surface area contributed by atoms with Crippen molar-refractivity contribution in [3.63, 3.8) is 0 Å². The number of benzene rings is 3. The first-order chi connectivity index (χ1) is 17.6. The van der Waals surface area contributed by atoms with Gasteiger partial charge in [0.15, 0.2) is 0 Å². The molecule has 1 amide bonds. The highest BCUT2D eigenvalue weighted by Crippen LogP contribution is 2.30. The van der Waals surface area contributed by atoms with Gasteiger partial charge in [-0.3, -0.25) is 4.79 Å². The van der Waals surface area contributed by atoms with Crippen LogP contribution >= 0.6 is 0 Å². The molecule has 0 saturated carbocycles. The normalized spacial score (nSPS) is 23.2. The molecule has 2 saturated heterocycles. The Morgan fingerprint density at radius 3 is 2.50 bits per heavy atom. The molecule has 0 aliphatic carbocycles. The molecule has 2 aliphatic rings. The lowest BCUT2D eigenvalue weighted by molar-refractivity contribution is 0.0437. The molecule has 3 aromatic carbocycles. The summed E-state index contributed by atoms with van der Waals surface area (Å²) >= 11 is 0. The van der Waals surface area contributed by atoms with Crippen LogP contribution < -0.4 is 5.73 Å². The van der Waals surface area contributed by atoms with Gasteiger partial charge >= 0.3 is 0 Å². The molecule has 2 heterocycles. The second-order valence-electron chi connectivity index (χ2n) is 10.3. The van der Waals surface area contributed by atoms with E-state index in [1.807, 2.05) is 54.3 Å². The molecule has 5 heteroatoms. The van der Waals surface area contributed by atoms with Crippen LogP contribution in [0.25, 0.3) is 0 Å². The first-order valence-electron chi connectivity index (χ1n) is 13.2. The van der Waals surface area contributed by atoms with Gasteiger partial charge in [0.1, 0.15) is 0 Å². The van der Waals surface area contributed by atoms with E-state index in [0.29, 0.717) is 24.6 Å². The van der Waals surface area contributed by atoms with Crippen molar-refractivity contribution in [1.82, 2.24) is 9.80 Å². The molecule has 188 valence electrons. The summed E-state index contributed by atoms with van der Waals surface area (Å²) in [7, 11) is 0. The van der Waals surface area contributed by atoms with Crippen molar-refractivity contribution < 1.29 is 9.53 Å². The smallest absolute Gasteiger partial charge is 0.254 e. The molecule has 0 bridgehead atoms. The Hall–Kier alpha value is -2.99. The summed E-state index contributed by atoms with van der Waals surface area (Å²) < 4.78 is 6.32. The zero-order valence-electron chi connectivity index (χ0n) is 21.1. The summed E-state index contributed by atoms with van der Waals surface area (Å²) in [6.07, 6.45) is 2.05. The van der Waals surface area contributed by atoms with Crippen molar-refractivity contribution in [3.8, 4) is 0 Å². The van der Waals surface area contributed by atoms with Gasteiger partial charge in [0.25, 0.3) is 5.91 Å². The maximum absolute atomic E-state index is 13.7. The average Bonchev–Trinajstić information content (AvgIpc) is 3.55. The fraction of sp³-hybridized carbons (Fsp3) is 0.387. The molecule has 2 aliphatic heterocycles. The van der Waals surface area contributed by atoms with Crippen LogP contribution in [0.5, 0.6) is 0 Å². The molecule has 0 spiro atoms. The number of ether oxygens (including phenoxy) is 1. The second-order valence-corrected chi connectivity index (χ2v) is 10.3. The van der Waals surface area contributed by atoms with Gasteiger partial charge in [-0.2, -0.15) is 0 Å². The van der Waals surface area contributed by atoms with Gasteiger partial charge in [0.2, 0.25) is 0 Å². The van der Waals surface area contributed by atoms with Gasteiger partial charge in [0, 0.05) is 37.3 Å². The lowest BCUT2D eigenvalue weighted by Gasteiger charge is -2.28. The number of carbonyl (C=O) groups is 1. The first-order valence-corrected chi connectivity index (χ1v) is 13.2. The fourth-order valence-corrected chi connectivity index (χ4v) is 5.62. The van der Waals surface area contributed by atoms with Gasteiger partial charge in [0.05, 0.1) is 12.7 Å². The summed E-state index contributed by atoms with van der Waals surface area (Å²) in [5.41, 5.74) is 10.4. The minimum absolute atomic E-state index is 0.0308. The number of nitrogens with zero attached hydrogens (tertiary/aromatic N) is 2. The van der Waals surface area contributed by atoms with Crippen LogP contribution in [0.1, 0.15) is 58.8 Å². The number of nitrogens with two attached hydrogens (primary N) is 1. The maximum atomic E-state index is 13.7. The lowest BCUT2D eigenvalue weighted by Crippen LogP contribution is -2.42. The van der Waals surface area contributed by atoms with Gasteiger partial charge in [-0.25, -0.2) is 0 Å². The first kappa shape index (κ1) is 24.7. The van der Waals surface area contributed by atoms with E-state index in [0.717, 1.165) is 43.6 Å². The highest BCUT2D eigenvalue weighted by molar-refractivity contribution is 5.95. The van der Waals surface area contributed by atoms with E-state index in [-0.39, 0.29) is 24.1 Å². The zero-order chi connectivity index (χ0) is 24.9. The van der Waals surface area contributed by atoms with Crippen molar-refractivity contribution in [2.45, 2.75) is 50.5 Å². The third kappa shape index (κ3) is 5.86. The molecule has 0 radical (unpaired) electrons. The molecule has 36 heavy (non-hydrogen) atoms. The Morgan fingerprint density at radius 2 is 1.75 bits per heavy atom. The van der Waals surface area contributed by atoms with Crippen molar-refractivity contribution >= 4 is 5.91 Å². The number of amides is 1. The van der Waals surface area contributed by atoms with Crippen LogP contribution in [0.2, 0.25) is 0 Å². The van der Waals surface area contributed by atoms with Gasteiger partial charge in [-0.15, -0.1) is 0 Å². The van der Waals surface area contributed by atoms with E-state index in [4.69, 9.17) is 10.5 Å². The Labute approximate surface area is 214 Å². The van der Waals surface area contributed by atoms with E-state index in [2.05, 4.69) is 47.4 Å². The fourth-order valence-electron chi connectivity index (χ4n) is 5.62. The Balaban J connectivity index is 1.29. The summed E-state index contributed by atoms with van der Waals surface area (Å²) in [6, 6.07) is 28.9. The molecule has 4 atom stereocenters. The van der Waals surface area contributed by atoms with Crippen LogP contribution in [-0.4, -0.2) is 54.0 Å². The third-order valence-corrected chi connectivity index (χ3v) is 7.64. The molecule has 4 unspecified atom stereocenters. The molecule has 3 aromatic rings. The molecular weight excluding hydrogens is 446 g/mol. The molecule has 5 rings (SSSR count). The van der Waals surface area contributed by atoms with Crippen LogP contribution in [-0.2, 0) is 11.3 Å². The number of carbonyl (C=O) groups excluding carboxylic acids is 1. The SMILES string of the molecule is CC(N)c1cccc(C(=O)N2CC(OCc3ccccc3)CC2CN2CCC(c3ccccc3)C2)c1. The minimum atomic E-state index is -0.103. The van der Waals surface area contributed by atoms with Crippen molar-refractivity contribution in [2.75, 3.05) is 26.2 Å². The second kappa shape index (κ2) is 11.4. The number of rotatable bonds is 8. The van der Waals surface area contributed by atoms with Crippen molar-refractivity contribution in [3.05, 3.63) is 107 Å². The van der Waals surface area contributed by atoms with Gasteiger partial charge in [-0.1, -0.05) is 72.8 Å². The van der Waals surface area contributed by atoms with Crippen LogP contribution in [0.3, 0.4) is 0 Å². The van der Waals surface area contributed by atoms with E-state index in [1.165, 1.54) is 5.56 Å². The Kier molecular flexibility index (Phi) is 7.81. The highest BCUT2D eigenvalue weighted by Gasteiger charge is 2.38. The van der Waals surface area contributed by atoms with Crippen LogP contribution in [0, 0.1) is 0 Å². The molecule has 5 nitrogen and oxygen atoms in total. The van der Waals surface area contributed by atoms with Crippen molar-refractivity contribution in [1.29, 1.82) is 0 Å². The largest absolute Gasteiger partial charge is 0.372 e. The average molecular weight is 484 g/mol. The summed E-state index contributed by atoms with van der Waals surface area (Å²) in [5.74, 6) is 0.636. The third-order valence-electron chi connectivity index (χ3n) is 7.64. The number of hydrogen-bond donors (Lipinski definition) is 1. The van der Waals surface area contributed by atoms with E-state index in [1.54, 1.807) is 0 Å². The van der Waals surface area contributed by atoms with E-state index < -0.39 is 0 Å². The summed E-state index contributed by atoms with van der Waals surface area (Å²) in [6.45, 7) is 6.13. The minimum Gasteiger partial charge on any atom is -0.372 e. The van der Waals surface area contributed by atoms with Crippen LogP contribution in [0.4, 0.5) is 0 Å². The Morgan fingerprint density at radius 1 is 1.00 bits per heavy atom. The number of hydrogen-bond acceptors (Lipinski definition) is 4. The zero-order valence-corrected chi connectivity index (χ0v) is 21.1. The maximum Gasteiger partial charge on any atom is 0.254 e. The standard InChI is InChI=1S/C31H37N3O2/c1-23(32)26-13-8-14-27(17-26)31(35)34-21-30(36-22-24-9-4-2-5-10-24)18-29(34)20-33-16-15-28(19-33)25-11-6-3-7-12-25/h2-14,17,23,28-30H,15-16,18-22,32H2,1H3. The van der Waals surface area contributed by atoms with Gasteiger partial charge in [-0.05, 0) is 61.1 Å². The van der Waals surface area contributed by atoms with E-state index in [9.17, 15) is 4.79 Å². The molecule has 2 N–H and O–H groups in total. The topological polar surface area (TPSA) is 58.8 Å². The van der Waals surface area contributed by atoms with E-state index >= 15 is 0 Å². The highest BCUT2D eigenvalue weighted by atomic mass is 16.5. The predicted octanol–water partition coefficient (Wildman–Crippen LogP) is 5.00. The van der Waals surface area contributed by atoms with Crippen molar-refractivity contribution in [2.24, 2.45) is 5.73 Å². The predicted molar refractivity (Wildman–Crippen MR) is 144 cm³/mol.